The summed E-state index contributed by atoms with van der Waals surface area (Å²) in [6.45, 7) is 3.09. The van der Waals surface area contributed by atoms with Crippen LogP contribution in [0.15, 0.2) is 54.6 Å². The van der Waals surface area contributed by atoms with Gasteiger partial charge in [-0.2, -0.15) is 4.31 Å². The number of ether oxygens (including phenoxy) is 1. The number of nitrogens with one attached hydrogen (secondary N) is 1. The molecular weight excluding hydrogens is 478 g/mol. The molecule has 1 unspecified atom stereocenters. The highest BCUT2D eigenvalue weighted by atomic mass is 35.5. The minimum Gasteiger partial charge on any atom is -0.382 e. The fourth-order valence-electron chi connectivity index (χ4n) is 3.24. The molecule has 2 amide bonds. The molecule has 0 radical (unpaired) electrons. The first-order valence-corrected chi connectivity index (χ1v) is 13.2. The molecule has 0 saturated heterocycles. The van der Waals surface area contributed by atoms with Gasteiger partial charge in [0.25, 0.3) is 0 Å². The van der Waals surface area contributed by atoms with Gasteiger partial charge in [-0.05, 0) is 36.6 Å². The topological polar surface area (TPSA) is 96.0 Å². The number of benzene rings is 2. The predicted octanol–water partition coefficient (Wildman–Crippen LogP) is 2.84. The Morgan fingerprint density at radius 2 is 1.74 bits per heavy atom. The van der Waals surface area contributed by atoms with Crippen molar-refractivity contribution in [1.29, 1.82) is 0 Å². The van der Waals surface area contributed by atoms with E-state index in [1.165, 1.54) is 11.9 Å². The van der Waals surface area contributed by atoms with E-state index < -0.39 is 28.5 Å². The summed E-state index contributed by atoms with van der Waals surface area (Å²) in [6, 6.07) is 14.9. The summed E-state index contributed by atoms with van der Waals surface area (Å²) in [7, 11) is -2.26. The van der Waals surface area contributed by atoms with Crippen LogP contribution in [-0.2, 0) is 30.9 Å². The molecule has 0 aliphatic carbocycles. The lowest BCUT2D eigenvalue weighted by atomic mass is 10.0. The zero-order valence-electron chi connectivity index (χ0n) is 19.7. The third-order valence-electron chi connectivity index (χ3n) is 5.15. The lowest BCUT2D eigenvalue weighted by molar-refractivity contribution is -0.141. The third-order valence-corrected chi connectivity index (χ3v) is 6.67. The van der Waals surface area contributed by atoms with Crippen molar-refractivity contribution in [3.05, 3.63) is 70.7 Å². The van der Waals surface area contributed by atoms with Crippen molar-refractivity contribution >= 4 is 33.4 Å². The van der Waals surface area contributed by atoms with Crippen LogP contribution in [0.3, 0.4) is 0 Å². The van der Waals surface area contributed by atoms with Gasteiger partial charge in [-0.25, -0.2) is 8.42 Å². The van der Waals surface area contributed by atoms with E-state index in [2.05, 4.69) is 5.32 Å². The van der Waals surface area contributed by atoms with Gasteiger partial charge >= 0.3 is 0 Å². The highest BCUT2D eigenvalue weighted by Crippen LogP contribution is 2.25. The number of nitrogens with zero attached hydrogens (tertiary/aromatic N) is 2. The van der Waals surface area contributed by atoms with E-state index in [1.807, 2.05) is 13.0 Å². The first-order chi connectivity index (χ1) is 16.1. The number of carbonyl (C=O) groups is 2. The van der Waals surface area contributed by atoms with E-state index in [1.54, 1.807) is 48.5 Å². The number of hydrogen-bond donors (Lipinski definition) is 1. The zero-order valence-corrected chi connectivity index (χ0v) is 21.3. The summed E-state index contributed by atoms with van der Waals surface area (Å²) in [4.78, 5) is 28.2. The molecule has 1 N–H and O–H groups in total. The number of sulfonamides is 1. The molecule has 186 valence electrons. The maximum Gasteiger partial charge on any atom is 0.247 e. The van der Waals surface area contributed by atoms with Gasteiger partial charge in [0.05, 0.1) is 12.8 Å². The standard InChI is InChI=1S/C24H32ClN3O5S/c1-4-33-16-8-15-26-24(30)23(20-9-6-5-7-10-20)28(17-19-11-13-21(25)14-12-19)22(29)18-27(2)34(3,31)32/h5-7,9-14,23H,4,8,15-18H2,1-3H3,(H,26,30). The highest BCUT2D eigenvalue weighted by molar-refractivity contribution is 7.88. The molecule has 10 heteroatoms. The van der Waals surface area contributed by atoms with Crippen LogP contribution in [0.25, 0.3) is 0 Å². The second-order valence-electron chi connectivity index (χ2n) is 7.82. The Kier molecular flexibility index (Phi) is 11.0. The monoisotopic (exact) mass is 509 g/mol. The first kappa shape index (κ1) is 27.8. The Morgan fingerprint density at radius 3 is 2.32 bits per heavy atom. The van der Waals surface area contributed by atoms with E-state index in [0.29, 0.717) is 36.8 Å². The zero-order chi connectivity index (χ0) is 25.1. The van der Waals surface area contributed by atoms with Gasteiger partial charge in [-0.15, -0.1) is 0 Å². The molecule has 2 rings (SSSR count). The normalized spacial score (nSPS) is 12.4. The van der Waals surface area contributed by atoms with Crippen molar-refractivity contribution in [2.45, 2.75) is 25.9 Å². The smallest absolute Gasteiger partial charge is 0.247 e. The molecule has 0 spiro atoms. The Hall–Kier alpha value is -2.46. The van der Waals surface area contributed by atoms with Gasteiger partial charge < -0.3 is 15.0 Å². The van der Waals surface area contributed by atoms with Crippen molar-refractivity contribution in [1.82, 2.24) is 14.5 Å². The summed E-state index contributed by atoms with van der Waals surface area (Å²) in [5.41, 5.74) is 1.37. The highest BCUT2D eigenvalue weighted by Gasteiger charge is 2.32. The van der Waals surface area contributed by atoms with E-state index >= 15 is 0 Å². The molecule has 0 aliphatic rings. The SMILES string of the molecule is CCOCCCNC(=O)C(c1ccccc1)N(Cc1ccc(Cl)cc1)C(=O)CN(C)S(C)(=O)=O. The number of rotatable bonds is 13. The Labute approximate surface area is 206 Å². The fraction of sp³-hybridized carbons (Fsp3) is 0.417. The summed E-state index contributed by atoms with van der Waals surface area (Å²) in [6.07, 6.45) is 1.66. The quantitative estimate of drug-likeness (QED) is 0.419. The molecule has 2 aromatic carbocycles. The first-order valence-electron chi connectivity index (χ1n) is 11.0. The largest absolute Gasteiger partial charge is 0.382 e. The molecule has 34 heavy (non-hydrogen) atoms. The fourth-order valence-corrected chi connectivity index (χ4v) is 3.71. The summed E-state index contributed by atoms with van der Waals surface area (Å²) >= 11 is 6.00. The number of carbonyl (C=O) groups excluding carboxylic acids is 2. The molecule has 0 fully saturated rings. The van der Waals surface area contributed by atoms with Gasteiger partial charge in [0.2, 0.25) is 21.8 Å². The molecule has 8 nitrogen and oxygen atoms in total. The molecule has 2 aromatic rings. The van der Waals surface area contributed by atoms with Crippen molar-refractivity contribution < 1.29 is 22.7 Å². The van der Waals surface area contributed by atoms with Crippen LogP contribution in [0.5, 0.6) is 0 Å². The molecule has 0 aromatic heterocycles. The van der Waals surface area contributed by atoms with Crippen LogP contribution in [0.4, 0.5) is 0 Å². The summed E-state index contributed by atoms with van der Waals surface area (Å²) < 4.78 is 30.2. The van der Waals surface area contributed by atoms with Gasteiger partial charge in [-0.3, -0.25) is 9.59 Å². The Balaban J connectivity index is 2.38. The van der Waals surface area contributed by atoms with Gasteiger partial charge in [-0.1, -0.05) is 54.1 Å². The number of halogens is 1. The molecular formula is C24H32ClN3O5S. The molecule has 1 atom stereocenters. The van der Waals surface area contributed by atoms with Crippen LogP contribution in [0.1, 0.15) is 30.5 Å². The average Bonchev–Trinajstić information content (AvgIpc) is 2.80. The average molecular weight is 510 g/mol. The van der Waals surface area contributed by atoms with E-state index in [9.17, 15) is 18.0 Å². The third kappa shape index (κ3) is 8.72. The van der Waals surface area contributed by atoms with Gasteiger partial charge in [0.1, 0.15) is 6.04 Å². The minimum absolute atomic E-state index is 0.0968. The molecule has 0 heterocycles. The van der Waals surface area contributed by atoms with Crippen molar-refractivity contribution in [3.8, 4) is 0 Å². The van der Waals surface area contributed by atoms with E-state index in [-0.39, 0.29) is 12.5 Å². The second-order valence-corrected chi connectivity index (χ2v) is 10.3. The van der Waals surface area contributed by atoms with Crippen molar-refractivity contribution in [2.75, 3.05) is 39.6 Å². The van der Waals surface area contributed by atoms with E-state index in [4.69, 9.17) is 16.3 Å². The Morgan fingerprint density at radius 1 is 1.09 bits per heavy atom. The lowest BCUT2D eigenvalue weighted by Crippen LogP contribution is -2.47. The predicted molar refractivity (Wildman–Crippen MR) is 133 cm³/mol. The molecule has 0 bridgehead atoms. The summed E-state index contributed by atoms with van der Waals surface area (Å²) in [5, 5.41) is 3.43. The van der Waals surface area contributed by atoms with Crippen molar-refractivity contribution in [3.63, 3.8) is 0 Å². The van der Waals surface area contributed by atoms with Crippen LogP contribution < -0.4 is 5.32 Å². The summed E-state index contributed by atoms with van der Waals surface area (Å²) in [5.74, 6) is -0.854. The maximum absolute atomic E-state index is 13.4. The van der Waals surface area contributed by atoms with Crippen LogP contribution in [-0.4, -0.2) is 69.0 Å². The number of hydrogen-bond acceptors (Lipinski definition) is 5. The van der Waals surface area contributed by atoms with Crippen LogP contribution >= 0.6 is 11.6 Å². The lowest BCUT2D eigenvalue weighted by Gasteiger charge is -2.32. The molecule has 0 aliphatic heterocycles. The van der Waals surface area contributed by atoms with E-state index in [0.717, 1.165) is 16.1 Å². The van der Waals surface area contributed by atoms with Crippen LogP contribution in [0, 0.1) is 0 Å². The number of likely N-dealkylation sites (N-methyl/N-ethyl adjacent to an activating group) is 1. The number of amides is 2. The molecule has 0 saturated carbocycles. The van der Waals surface area contributed by atoms with Crippen LogP contribution in [0.2, 0.25) is 5.02 Å². The van der Waals surface area contributed by atoms with Crippen molar-refractivity contribution in [2.24, 2.45) is 0 Å². The minimum atomic E-state index is -3.59. The Bertz CT molecular complexity index is 1030. The second kappa shape index (κ2) is 13.4. The van der Waals surface area contributed by atoms with Gasteiger partial charge in [0.15, 0.2) is 0 Å². The maximum atomic E-state index is 13.4. The van der Waals surface area contributed by atoms with Gasteiger partial charge in [0, 0.05) is 38.4 Å².